The van der Waals surface area contributed by atoms with Crippen LogP contribution in [0, 0.1) is 6.92 Å². The van der Waals surface area contributed by atoms with E-state index in [9.17, 15) is 4.79 Å². The Kier molecular flexibility index (Phi) is 4.70. The molecule has 2 aliphatic rings. The van der Waals surface area contributed by atoms with Crippen molar-refractivity contribution in [1.29, 1.82) is 0 Å². The second kappa shape index (κ2) is 6.14. The van der Waals surface area contributed by atoms with Crippen LogP contribution in [0.1, 0.15) is 48.3 Å². The lowest BCUT2D eigenvalue weighted by atomic mass is 10.1. The maximum Gasteiger partial charge on any atom is 0.292 e. The van der Waals surface area contributed by atoms with Crippen molar-refractivity contribution in [3.05, 3.63) is 17.3 Å². The Labute approximate surface area is 125 Å². The third-order valence-corrected chi connectivity index (χ3v) is 4.23. The molecule has 0 unspecified atom stereocenters. The average molecular weight is 300 g/mol. The number of rotatable bonds is 2. The van der Waals surface area contributed by atoms with E-state index in [4.69, 9.17) is 4.42 Å². The second-order valence-electron chi connectivity index (χ2n) is 5.47. The van der Waals surface area contributed by atoms with Gasteiger partial charge in [0.15, 0.2) is 5.89 Å². The van der Waals surface area contributed by atoms with Gasteiger partial charge in [0.05, 0.1) is 5.69 Å². The summed E-state index contributed by atoms with van der Waals surface area (Å²) in [5.41, 5.74) is 0.721. The van der Waals surface area contributed by atoms with Crippen LogP contribution >= 0.6 is 12.4 Å². The zero-order valence-electron chi connectivity index (χ0n) is 12.0. The number of oxazole rings is 1. The molecule has 0 aromatic carbocycles. The topological polar surface area (TPSA) is 58.4 Å². The lowest BCUT2D eigenvalue weighted by Gasteiger charge is -2.26. The number of nitrogens with one attached hydrogen (secondary N) is 1. The molecule has 0 radical (unpaired) electrons. The lowest BCUT2D eigenvalue weighted by Crippen LogP contribution is -2.42. The molecule has 1 aromatic rings. The Hall–Kier alpha value is -1.07. The number of nitrogens with zero attached hydrogens (tertiary/aromatic N) is 2. The Morgan fingerprint density at radius 3 is 2.85 bits per heavy atom. The normalized spacial score (nSPS) is 25.2. The van der Waals surface area contributed by atoms with E-state index in [-0.39, 0.29) is 18.3 Å². The number of hydrogen-bond acceptors (Lipinski definition) is 4. The maximum atomic E-state index is 12.7. The molecule has 20 heavy (non-hydrogen) atoms. The highest BCUT2D eigenvalue weighted by molar-refractivity contribution is 5.93. The van der Waals surface area contributed by atoms with Crippen molar-refractivity contribution in [1.82, 2.24) is 15.2 Å². The summed E-state index contributed by atoms with van der Waals surface area (Å²) in [5, 5.41) is 3.41. The first-order valence-electron chi connectivity index (χ1n) is 7.20. The van der Waals surface area contributed by atoms with Crippen LogP contribution in [-0.2, 0) is 6.42 Å². The fourth-order valence-electron chi connectivity index (χ4n) is 3.23. The summed E-state index contributed by atoms with van der Waals surface area (Å²) in [5.74, 6) is 1.12. The van der Waals surface area contributed by atoms with Gasteiger partial charge in [-0.25, -0.2) is 4.98 Å². The van der Waals surface area contributed by atoms with Gasteiger partial charge in [-0.2, -0.15) is 0 Å². The van der Waals surface area contributed by atoms with Crippen molar-refractivity contribution >= 4 is 18.3 Å². The predicted octanol–water partition coefficient (Wildman–Crippen LogP) is 1.93. The van der Waals surface area contributed by atoms with Crippen LogP contribution < -0.4 is 5.32 Å². The minimum Gasteiger partial charge on any atom is -0.435 e. The van der Waals surface area contributed by atoms with Crippen molar-refractivity contribution < 1.29 is 9.21 Å². The van der Waals surface area contributed by atoms with E-state index in [2.05, 4.69) is 10.3 Å². The first kappa shape index (κ1) is 15.3. The highest BCUT2D eigenvalue weighted by Crippen LogP contribution is 2.30. The molecule has 2 atom stereocenters. The lowest BCUT2D eigenvalue weighted by molar-refractivity contribution is 0.0644. The number of carbonyl (C=O) groups is 1. The minimum atomic E-state index is 0. The quantitative estimate of drug-likeness (QED) is 0.906. The maximum absolute atomic E-state index is 12.7. The molecule has 112 valence electrons. The SMILES string of the molecule is CCc1nc(C)c(C(=O)N2[C@H]3CCNC[C@@H]2CC3)o1.Cl. The molecular weight excluding hydrogens is 278 g/mol. The summed E-state index contributed by atoms with van der Waals surface area (Å²) in [6.07, 6.45) is 3.97. The van der Waals surface area contributed by atoms with Crippen molar-refractivity contribution in [2.24, 2.45) is 0 Å². The van der Waals surface area contributed by atoms with Gasteiger partial charge in [-0.05, 0) is 32.7 Å². The second-order valence-corrected chi connectivity index (χ2v) is 5.47. The van der Waals surface area contributed by atoms with Gasteiger partial charge in [0.25, 0.3) is 5.91 Å². The predicted molar refractivity (Wildman–Crippen MR) is 78.3 cm³/mol. The first-order valence-corrected chi connectivity index (χ1v) is 7.20. The summed E-state index contributed by atoms with van der Waals surface area (Å²) in [4.78, 5) is 19.1. The summed E-state index contributed by atoms with van der Waals surface area (Å²) < 4.78 is 5.62. The third kappa shape index (κ3) is 2.56. The van der Waals surface area contributed by atoms with E-state index in [1.54, 1.807) is 0 Å². The smallest absolute Gasteiger partial charge is 0.292 e. The third-order valence-electron chi connectivity index (χ3n) is 4.23. The van der Waals surface area contributed by atoms with E-state index in [1.165, 1.54) is 0 Å². The van der Waals surface area contributed by atoms with Crippen molar-refractivity contribution in [2.75, 3.05) is 13.1 Å². The van der Waals surface area contributed by atoms with Gasteiger partial charge in [0.1, 0.15) is 0 Å². The van der Waals surface area contributed by atoms with Gasteiger partial charge in [-0.3, -0.25) is 4.79 Å². The number of halogens is 1. The van der Waals surface area contributed by atoms with E-state index in [0.717, 1.165) is 44.5 Å². The standard InChI is InChI=1S/C14H21N3O2.ClH/c1-3-12-16-9(2)13(19-12)14(18)17-10-4-5-11(17)8-15-7-6-10;/h10-11,15H,3-8H2,1-2H3;1H/t10-,11+;/m1./s1. The van der Waals surface area contributed by atoms with Gasteiger partial charge in [0.2, 0.25) is 5.76 Å². The van der Waals surface area contributed by atoms with Crippen LogP contribution in [0.4, 0.5) is 0 Å². The molecule has 2 saturated heterocycles. The van der Waals surface area contributed by atoms with Crippen LogP contribution in [-0.4, -0.2) is 41.0 Å². The summed E-state index contributed by atoms with van der Waals surface area (Å²) in [6, 6.07) is 0.677. The zero-order valence-corrected chi connectivity index (χ0v) is 12.8. The van der Waals surface area contributed by atoms with Crippen LogP contribution in [0.25, 0.3) is 0 Å². The molecule has 1 aromatic heterocycles. The highest BCUT2D eigenvalue weighted by atomic mass is 35.5. The Bertz CT molecular complexity index is 475. The molecule has 3 heterocycles. The van der Waals surface area contributed by atoms with E-state index >= 15 is 0 Å². The van der Waals surface area contributed by atoms with Crippen molar-refractivity contribution in [3.8, 4) is 0 Å². The van der Waals surface area contributed by atoms with Crippen molar-refractivity contribution in [2.45, 2.75) is 51.6 Å². The van der Waals surface area contributed by atoms with Crippen molar-refractivity contribution in [3.63, 3.8) is 0 Å². The minimum absolute atomic E-state index is 0. The van der Waals surface area contributed by atoms with Gasteiger partial charge < -0.3 is 14.6 Å². The van der Waals surface area contributed by atoms with Gasteiger partial charge in [0, 0.05) is 25.0 Å². The van der Waals surface area contributed by atoms with Gasteiger partial charge in [-0.15, -0.1) is 12.4 Å². The number of amides is 1. The fourth-order valence-corrected chi connectivity index (χ4v) is 3.23. The molecule has 1 amide bonds. The molecule has 2 aliphatic heterocycles. The summed E-state index contributed by atoms with van der Waals surface area (Å²) in [7, 11) is 0. The zero-order chi connectivity index (χ0) is 13.4. The molecule has 3 rings (SSSR count). The van der Waals surface area contributed by atoms with Crippen LogP contribution in [0.15, 0.2) is 4.42 Å². The van der Waals surface area contributed by atoms with Crippen LogP contribution in [0.5, 0.6) is 0 Å². The number of aryl methyl sites for hydroxylation is 2. The molecular formula is C14H22ClN3O2. The molecule has 6 heteroatoms. The number of fused-ring (bicyclic) bond motifs is 2. The first-order chi connectivity index (χ1) is 9.20. The number of hydrogen-bond donors (Lipinski definition) is 1. The fraction of sp³-hybridized carbons (Fsp3) is 0.714. The van der Waals surface area contributed by atoms with E-state index in [1.807, 2.05) is 18.7 Å². The van der Waals surface area contributed by atoms with E-state index < -0.39 is 0 Å². The molecule has 5 nitrogen and oxygen atoms in total. The average Bonchev–Trinajstić information content (AvgIpc) is 2.88. The molecule has 0 spiro atoms. The molecule has 0 aliphatic carbocycles. The molecule has 0 saturated carbocycles. The summed E-state index contributed by atoms with van der Waals surface area (Å²) >= 11 is 0. The Morgan fingerprint density at radius 1 is 1.40 bits per heavy atom. The molecule has 2 fully saturated rings. The highest BCUT2D eigenvalue weighted by Gasteiger charge is 2.40. The number of carbonyl (C=O) groups excluding carboxylic acids is 1. The van der Waals surface area contributed by atoms with Gasteiger partial charge >= 0.3 is 0 Å². The Morgan fingerprint density at radius 2 is 2.15 bits per heavy atom. The molecule has 2 bridgehead atoms. The molecule has 1 N–H and O–H groups in total. The largest absolute Gasteiger partial charge is 0.435 e. The van der Waals surface area contributed by atoms with Gasteiger partial charge in [-0.1, -0.05) is 6.92 Å². The summed E-state index contributed by atoms with van der Waals surface area (Å²) in [6.45, 7) is 5.74. The number of aromatic nitrogens is 1. The Balaban J connectivity index is 0.00000147. The van der Waals surface area contributed by atoms with Crippen LogP contribution in [0.2, 0.25) is 0 Å². The van der Waals surface area contributed by atoms with E-state index in [0.29, 0.717) is 23.7 Å². The monoisotopic (exact) mass is 299 g/mol. The van der Waals surface area contributed by atoms with Crippen LogP contribution in [0.3, 0.4) is 0 Å².